The third-order valence-electron chi connectivity index (χ3n) is 3.75. The first-order valence-electron chi connectivity index (χ1n) is 8.51. The molecule has 0 aliphatic carbocycles. The van der Waals surface area contributed by atoms with Crippen LogP contribution in [0.25, 0.3) is 6.08 Å². The maximum atomic E-state index is 11.2. The Morgan fingerprint density at radius 3 is 2.71 bits per heavy atom. The number of para-hydroxylation sites is 1. The summed E-state index contributed by atoms with van der Waals surface area (Å²) >= 11 is 1.52. The third kappa shape index (κ3) is 5.34. The van der Waals surface area contributed by atoms with Crippen molar-refractivity contribution in [1.82, 2.24) is 4.98 Å². The van der Waals surface area contributed by atoms with Crippen molar-refractivity contribution in [3.63, 3.8) is 0 Å². The van der Waals surface area contributed by atoms with Gasteiger partial charge in [0.1, 0.15) is 6.61 Å². The lowest BCUT2D eigenvalue weighted by Crippen LogP contribution is -1.99. The van der Waals surface area contributed by atoms with Crippen molar-refractivity contribution < 1.29 is 19.0 Å². The van der Waals surface area contributed by atoms with Gasteiger partial charge in [-0.25, -0.2) is 9.78 Å². The van der Waals surface area contributed by atoms with E-state index in [4.69, 9.17) is 9.47 Å². The average Bonchev–Trinajstić information content (AvgIpc) is 3.18. The van der Waals surface area contributed by atoms with Crippen molar-refractivity contribution >= 4 is 34.2 Å². The van der Waals surface area contributed by atoms with Gasteiger partial charge in [0.25, 0.3) is 0 Å². The van der Waals surface area contributed by atoms with E-state index >= 15 is 0 Å². The van der Waals surface area contributed by atoms with Gasteiger partial charge in [-0.05, 0) is 35.9 Å². The van der Waals surface area contributed by atoms with Gasteiger partial charge in [0.15, 0.2) is 16.6 Å². The normalized spacial score (nSPS) is 10.6. The second kappa shape index (κ2) is 9.57. The number of hydrogen-bond acceptors (Lipinski definition) is 7. The largest absolute Gasteiger partial charge is 0.493 e. The average molecular weight is 396 g/mol. The lowest BCUT2D eigenvalue weighted by Gasteiger charge is -2.10. The van der Waals surface area contributed by atoms with E-state index in [0.29, 0.717) is 18.1 Å². The Bertz CT molecular complexity index is 954. The van der Waals surface area contributed by atoms with E-state index in [2.05, 4.69) is 15.0 Å². The standard InChI is InChI=1S/C21H20N2O4S/c1-25-19-12-15(9-11-20(24)26-2)8-10-18(19)27-13-17-14-28-21(23-17)22-16-6-4-3-5-7-16/h3-12,14H,13H2,1-2H3,(H,22,23)/b11-9+. The SMILES string of the molecule is COC(=O)/C=C/c1ccc(OCc2csc(Nc3ccccc3)n2)c(OC)c1. The summed E-state index contributed by atoms with van der Waals surface area (Å²) in [4.78, 5) is 15.7. The minimum Gasteiger partial charge on any atom is -0.493 e. The molecule has 1 heterocycles. The summed E-state index contributed by atoms with van der Waals surface area (Å²) in [7, 11) is 2.91. The topological polar surface area (TPSA) is 69.7 Å². The van der Waals surface area contributed by atoms with E-state index in [-0.39, 0.29) is 0 Å². The molecule has 0 spiro atoms. The van der Waals surface area contributed by atoms with Crippen molar-refractivity contribution in [3.8, 4) is 11.5 Å². The zero-order valence-electron chi connectivity index (χ0n) is 15.5. The van der Waals surface area contributed by atoms with Gasteiger partial charge in [0, 0.05) is 17.1 Å². The highest BCUT2D eigenvalue weighted by molar-refractivity contribution is 7.13. The Balaban J connectivity index is 1.62. The second-order valence-electron chi connectivity index (χ2n) is 5.69. The number of nitrogens with one attached hydrogen (secondary N) is 1. The van der Waals surface area contributed by atoms with E-state index < -0.39 is 5.97 Å². The first-order chi connectivity index (χ1) is 13.7. The lowest BCUT2D eigenvalue weighted by atomic mass is 10.2. The Hall–Kier alpha value is -3.32. The molecule has 0 saturated heterocycles. The van der Waals surface area contributed by atoms with E-state index in [0.717, 1.165) is 22.1 Å². The summed E-state index contributed by atoms with van der Waals surface area (Å²) in [5.74, 6) is 0.760. The molecule has 1 aromatic heterocycles. The number of thiazole rings is 1. The molecular formula is C21H20N2O4S. The van der Waals surface area contributed by atoms with Crippen LogP contribution < -0.4 is 14.8 Å². The molecule has 3 aromatic rings. The fourth-order valence-corrected chi connectivity index (χ4v) is 3.08. The summed E-state index contributed by atoms with van der Waals surface area (Å²) in [5.41, 5.74) is 2.61. The summed E-state index contributed by atoms with van der Waals surface area (Å²) < 4.78 is 15.8. The summed E-state index contributed by atoms with van der Waals surface area (Å²) in [6, 6.07) is 15.3. The van der Waals surface area contributed by atoms with Crippen molar-refractivity contribution in [2.75, 3.05) is 19.5 Å². The van der Waals surface area contributed by atoms with Crippen LogP contribution >= 0.6 is 11.3 Å². The third-order valence-corrected chi connectivity index (χ3v) is 4.56. The van der Waals surface area contributed by atoms with Crippen LogP contribution in [0.2, 0.25) is 0 Å². The molecule has 3 rings (SSSR count). The molecule has 0 amide bonds. The smallest absolute Gasteiger partial charge is 0.330 e. The number of anilines is 2. The van der Waals surface area contributed by atoms with Gasteiger partial charge in [0.2, 0.25) is 0 Å². The molecule has 0 radical (unpaired) electrons. The van der Waals surface area contributed by atoms with Crippen molar-refractivity contribution in [2.24, 2.45) is 0 Å². The summed E-state index contributed by atoms with van der Waals surface area (Å²) in [5, 5.41) is 6.02. The minimum absolute atomic E-state index is 0.320. The first-order valence-corrected chi connectivity index (χ1v) is 9.39. The summed E-state index contributed by atoms with van der Waals surface area (Å²) in [6.07, 6.45) is 3.01. The molecule has 0 aliphatic heterocycles. The zero-order valence-corrected chi connectivity index (χ0v) is 16.4. The number of carbonyl (C=O) groups is 1. The molecule has 6 nitrogen and oxygen atoms in total. The van der Waals surface area contributed by atoms with Crippen LogP contribution in [0.1, 0.15) is 11.3 Å². The Labute approximate surface area is 167 Å². The van der Waals surface area contributed by atoms with Crippen molar-refractivity contribution in [3.05, 3.63) is 71.2 Å². The number of nitrogens with zero attached hydrogens (tertiary/aromatic N) is 1. The summed E-state index contributed by atoms with van der Waals surface area (Å²) in [6.45, 7) is 0.320. The molecule has 7 heteroatoms. The lowest BCUT2D eigenvalue weighted by molar-refractivity contribution is -0.134. The molecule has 1 N–H and O–H groups in total. The number of rotatable bonds is 8. The Kier molecular flexibility index (Phi) is 6.64. The van der Waals surface area contributed by atoms with Crippen molar-refractivity contribution in [2.45, 2.75) is 6.61 Å². The highest BCUT2D eigenvalue weighted by Gasteiger charge is 2.08. The Morgan fingerprint density at radius 2 is 1.96 bits per heavy atom. The number of methoxy groups -OCH3 is 2. The van der Waals surface area contributed by atoms with Gasteiger partial charge in [-0.2, -0.15) is 0 Å². The maximum Gasteiger partial charge on any atom is 0.330 e. The van der Waals surface area contributed by atoms with Gasteiger partial charge in [-0.1, -0.05) is 24.3 Å². The van der Waals surface area contributed by atoms with Crippen LogP contribution in [0, 0.1) is 0 Å². The maximum absolute atomic E-state index is 11.2. The number of esters is 1. The number of hydrogen-bond donors (Lipinski definition) is 1. The Morgan fingerprint density at radius 1 is 1.14 bits per heavy atom. The minimum atomic E-state index is -0.414. The van der Waals surface area contributed by atoms with Gasteiger partial charge in [-0.3, -0.25) is 0 Å². The van der Waals surface area contributed by atoms with Gasteiger partial charge >= 0.3 is 5.97 Å². The van der Waals surface area contributed by atoms with E-state index in [1.54, 1.807) is 25.3 Å². The molecule has 0 saturated carbocycles. The number of aromatic nitrogens is 1. The molecule has 144 valence electrons. The number of carbonyl (C=O) groups excluding carboxylic acids is 1. The van der Waals surface area contributed by atoms with Gasteiger partial charge in [0.05, 0.1) is 19.9 Å². The molecule has 28 heavy (non-hydrogen) atoms. The molecule has 0 unspecified atom stereocenters. The van der Waals surface area contributed by atoms with Gasteiger partial charge < -0.3 is 19.5 Å². The second-order valence-corrected chi connectivity index (χ2v) is 6.55. The van der Waals surface area contributed by atoms with E-state index in [1.165, 1.54) is 24.5 Å². The fourth-order valence-electron chi connectivity index (χ4n) is 2.37. The molecule has 0 atom stereocenters. The van der Waals surface area contributed by atoms with Crippen molar-refractivity contribution in [1.29, 1.82) is 0 Å². The van der Waals surface area contributed by atoms with Crippen LogP contribution in [-0.4, -0.2) is 25.2 Å². The van der Waals surface area contributed by atoms with E-state index in [1.807, 2.05) is 41.8 Å². The molecule has 0 bridgehead atoms. The van der Waals surface area contributed by atoms with E-state index in [9.17, 15) is 4.79 Å². The predicted octanol–water partition coefficient (Wildman–Crippen LogP) is 4.66. The van der Waals surface area contributed by atoms with Gasteiger partial charge in [-0.15, -0.1) is 11.3 Å². The van der Waals surface area contributed by atoms with Crippen LogP contribution in [0.15, 0.2) is 60.0 Å². The van der Waals surface area contributed by atoms with Crippen LogP contribution in [0.3, 0.4) is 0 Å². The number of benzene rings is 2. The van der Waals surface area contributed by atoms with Crippen LogP contribution in [-0.2, 0) is 16.1 Å². The molecule has 0 aliphatic rings. The monoisotopic (exact) mass is 396 g/mol. The molecule has 0 fully saturated rings. The predicted molar refractivity (Wildman–Crippen MR) is 110 cm³/mol. The highest BCUT2D eigenvalue weighted by atomic mass is 32.1. The highest BCUT2D eigenvalue weighted by Crippen LogP contribution is 2.30. The molecular weight excluding hydrogens is 376 g/mol. The fraction of sp³-hybridized carbons (Fsp3) is 0.143. The van der Waals surface area contributed by atoms with Crippen LogP contribution in [0.4, 0.5) is 10.8 Å². The zero-order chi connectivity index (χ0) is 19.8. The quantitative estimate of drug-likeness (QED) is 0.441. The first kappa shape index (κ1) is 19.4. The molecule has 2 aromatic carbocycles. The number of ether oxygens (including phenoxy) is 3. The van der Waals surface area contributed by atoms with Crippen LogP contribution in [0.5, 0.6) is 11.5 Å².